The van der Waals surface area contributed by atoms with Gasteiger partial charge < -0.3 is 20.7 Å². The number of hydrogen-bond acceptors (Lipinski definition) is 10. The van der Waals surface area contributed by atoms with E-state index in [9.17, 15) is 33.6 Å². The number of rotatable bonds is 20. The van der Waals surface area contributed by atoms with Crippen molar-refractivity contribution in [3.8, 4) is 5.75 Å². The predicted molar refractivity (Wildman–Crippen MR) is 201 cm³/mol. The summed E-state index contributed by atoms with van der Waals surface area (Å²) < 4.78 is 5.85. The summed E-state index contributed by atoms with van der Waals surface area (Å²) in [6.45, 7) is 2.02. The Bertz CT molecular complexity index is 1900. The Morgan fingerprint density at radius 1 is 0.782 bits per heavy atom. The molecule has 0 saturated carbocycles. The normalized spacial score (nSPS) is 14.9. The second kappa shape index (κ2) is 19.8. The fraction of sp³-hybridized carbons (Fsp3) is 0.375. The third-order valence-corrected chi connectivity index (χ3v) is 9.39. The fourth-order valence-electron chi connectivity index (χ4n) is 6.42. The third-order valence-electron chi connectivity index (χ3n) is 9.39. The predicted octanol–water partition coefficient (Wildman–Crippen LogP) is 3.52. The number of nitrogens with zero attached hydrogens (tertiary/aromatic N) is 1. The Balaban J connectivity index is 0.879. The van der Waals surface area contributed by atoms with E-state index in [4.69, 9.17) is 9.94 Å². The van der Waals surface area contributed by atoms with Crippen LogP contribution in [0.1, 0.15) is 105 Å². The molecule has 3 aromatic carbocycles. The highest BCUT2D eigenvalue weighted by atomic mass is 16.5. The molecule has 0 bridgehead atoms. The molecule has 0 aliphatic carbocycles. The van der Waals surface area contributed by atoms with Gasteiger partial charge in [0.15, 0.2) is 0 Å². The molecule has 2 heterocycles. The summed E-state index contributed by atoms with van der Waals surface area (Å²) in [6, 6.07) is 17.7. The van der Waals surface area contributed by atoms with E-state index in [1.807, 2.05) is 24.3 Å². The average Bonchev–Trinajstić information content (AvgIpc) is 3.45. The van der Waals surface area contributed by atoms with Gasteiger partial charge in [-0.1, -0.05) is 37.1 Å². The molecule has 55 heavy (non-hydrogen) atoms. The van der Waals surface area contributed by atoms with Gasteiger partial charge in [-0.05, 0) is 86.6 Å². The second-order valence-electron chi connectivity index (χ2n) is 13.3. The van der Waals surface area contributed by atoms with Crippen molar-refractivity contribution in [1.29, 1.82) is 0 Å². The topological polar surface area (TPSA) is 212 Å². The highest BCUT2D eigenvalue weighted by Gasteiger charge is 2.45. The van der Waals surface area contributed by atoms with Crippen LogP contribution in [0.15, 0.2) is 66.7 Å². The van der Waals surface area contributed by atoms with Crippen molar-refractivity contribution in [2.75, 3.05) is 31.6 Å². The summed E-state index contributed by atoms with van der Waals surface area (Å²) in [7, 11) is 0. The lowest BCUT2D eigenvalue weighted by molar-refractivity contribution is -0.136. The first kappa shape index (κ1) is 40.1. The summed E-state index contributed by atoms with van der Waals surface area (Å²) >= 11 is 0. The van der Waals surface area contributed by atoms with E-state index in [1.165, 1.54) is 12.1 Å². The van der Waals surface area contributed by atoms with Gasteiger partial charge >= 0.3 is 0 Å². The molecule has 1 unspecified atom stereocenters. The molecule has 6 N–H and O–H groups in total. The van der Waals surface area contributed by atoms with E-state index in [2.05, 4.69) is 21.3 Å². The van der Waals surface area contributed by atoms with E-state index in [-0.39, 0.29) is 41.3 Å². The van der Waals surface area contributed by atoms with Gasteiger partial charge in [0.25, 0.3) is 23.6 Å². The maximum atomic E-state index is 13.2. The van der Waals surface area contributed by atoms with Crippen LogP contribution in [-0.2, 0) is 20.8 Å². The quantitative estimate of drug-likeness (QED) is 0.0428. The minimum Gasteiger partial charge on any atom is -0.494 e. The zero-order valence-corrected chi connectivity index (χ0v) is 30.5. The van der Waals surface area contributed by atoms with Gasteiger partial charge in [-0.3, -0.25) is 49.0 Å². The zero-order valence-electron chi connectivity index (χ0n) is 30.5. The minimum atomic E-state index is -1.01. The number of anilines is 1. The van der Waals surface area contributed by atoms with Gasteiger partial charge in [-0.25, -0.2) is 5.48 Å². The minimum absolute atomic E-state index is 0.00341. The van der Waals surface area contributed by atoms with Crippen molar-refractivity contribution in [3.63, 3.8) is 0 Å². The van der Waals surface area contributed by atoms with Crippen LogP contribution < -0.4 is 31.5 Å². The lowest BCUT2D eigenvalue weighted by Gasteiger charge is -2.27. The molecule has 0 radical (unpaired) electrons. The molecule has 3 aromatic rings. The number of hydroxylamine groups is 1. The van der Waals surface area contributed by atoms with Crippen LogP contribution in [0, 0.1) is 0 Å². The van der Waals surface area contributed by atoms with Crippen LogP contribution in [0.4, 0.5) is 5.69 Å². The maximum Gasteiger partial charge on any atom is 0.274 e. The van der Waals surface area contributed by atoms with Crippen molar-refractivity contribution < 1.29 is 43.5 Å². The molecule has 2 aliphatic rings. The monoisotopic (exact) mass is 754 g/mol. The number of ether oxygens (including phenoxy) is 1. The number of benzene rings is 3. The summed E-state index contributed by atoms with van der Waals surface area (Å²) in [5.74, 6) is -2.40. The molecule has 1 atom stereocenters. The van der Waals surface area contributed by atoms with Crippen LogP contribution >= 0.6 is 0 Å². The summed E-state index contributed by atoms with van der Waals surface area (Å²) in [5.41, 5.74) is 4.05. The van der Waals surface area contributed by atoms with Crippen molar-refractivity contribution in [1.82, 2.24) is 26.3 Å². The SMILES string of the molecule is O=C(CCCCCCOc1ccc(CCNC(=O)c2cccc(C(=O)NO)c2)cc1)NCCCCNc1cccc2c1C(=O)N(C1CCC(=O)NC1=O)C2=O. The first-order chi connectivity index (χ1) is 26.7. The maximum absolute atomic E-state index is 13.2. The van der Waals surface area contributed by atoms with Crippen LogP contribution in [0.2, 0.25) is 0 Å². The molecular formula is C40H46N6O9. The van der Waals surface area contributed by atoms with Crippen molar-refractivity contribution in [3.05, 3.63) is 94.5 Å². The molecule has 5 rings (SSSR count). The highest BCUT2D eigenvalue weighted by Crippen LogP contribution is 2.32. The third kappa shape index (κ3) is 11.0. The highest BCUT2D eigenvalue weighted by molar-refractivity contribution is 6.25. The van der Waals surface area contributed by atoms with Gasteiger partial charge in [0.1, 0.15) is 11.8 Å². The van der Waals surface area contributed by atoms with E-state index >= 15 is 0 Å². The Morgan fingerprint density at radius 3 is 2.27 bits per heavy atom. The van der Waals surface area contributed by atoms with Crippen LogP contribution in [0.3, 0.4) is 0 Å². The van der Waals surface area contributed by atoms with Gasteiger partial charge in [0.2, 0.25) is 17.7 Å². The molecule has 1 saturated heterocycles. The van der Waals surface area contributed by atoms with Crippen molar-refractivity contribution in [2.45, 2.75) is 70.3 Å². The molecule has 15 heteroatoms. The van der Waals surface area contributed by atoms with E-state index in [0.29, 0.717) is 50.3 Å². The van der Waals surface area contributed by atoms with Crippen LogP contribution in [0.5, 0.6) is 5.75 Å². The standard InChI is InChI=1S/C40H46N6O9/c47-33(42-22-5-4-21-41-31-12-8-11-30-35(31)40(53)46(39(30)52)32-18-19-34(48)44-38(32)51)13-3-1-2-6-24-55-29-16-14-26(15-17-29)20-23-43-36(49)27-9-7-10-28(25-27)37(50)45-54/h7-12,14-17,25,32,41,54H,1-6,13,18-24H2,(H,42,47)(H,43,49)(H,45,50)(H,44,48,51). The molecule has 1 fully saturated rings. The van der Waals surface area contributed by atoms with Crippen LogP contribution in [-0.4, -0.2) is 83.7 Å². The number of unbranched alkanes of at least 4 members (excludes halogenated alkanes) is 4. The largest absolute Gasteiger partial charge is 0.494 e. The number of fused-ring (bicyclic) bond motifs is 1. The number of amides is 7. The molecular weight excluding hydrogens is 708 g/mol. The van der Waals surface area contributed by atoms with Gasteiger partial charge in [-0.2, -0.15) is 0 Å². The first-order valence-corrected chi connectivity index (χ1v) is 18.6. The van der Waals surface area contributed by atoms with Crippen LogP contribution in [0.25, 0.3) is 0 Å². The number of carbonyl (C=O) groups excluding carboxylic acids is 7. The lowest BCUT2D eigenvalue weighted by Crippen LogP contribution is -2.54. The Kier molecular flexibility index (Phi) is 14.5. The molecule has 7 amide bonds. The number of piperidine rings is 1. The van der Waals surface area contributed by atoms with E-state index < -0.39 is 35.6 Å². The van der Waals surface area contributed by atoms with Gasteiger partial charge in [0, 0.05) is 49.3 Å². The number of nitrogens with one attached hydrogen (secondary N) is 5. The van der Waals surface area contributed by atoms with E-state index in [1.54, 1.807) is 35.8 Å². The lowest BCUT2D eigenvalue weighted by atomic mass is 10.0. The summed E-state index contributed by atoms with van der Waals surface area (Å²) in [4.78, 5) is 87.3. The fourth-order valence-corrected chi connectivity index (χ4v) is 6.42. The number of hydrogen-bond donors (Lipinski definition) is 6. The molecule has 15 nitrogen and oxygen atoms in total. The summed E-state index contributed by atoms with van der Waals surface area (Å²) in [6.07, 6.45) is 6.16. The molecule has 0 aromatic heterocycles. The average molecular weight is 755 g/mol. The number of imide groups is 2. The smallest absolute Gasteiger partial charge is 0.274 e. The van der Waals surface area contributed by atoms with Gasteiger partial charge in [0.05, 0.1) is 17.7 Å². The molecule has 2 aliphatic heterocycles. The number of carbonyl (C=O) groups is 7. The zero-order chi connectivity index (χ0) is 39.2. The van der Waals surface area contributed by atoms with Gasteiger partial charge in [-0.15, -0.1) is 0 Å². The first-order valence-electron chi connectivity index (χ1n) is 18.6. The Hall–Kier alpha value is -6.09. The Labute approximate surface area is 318 Å². The Morgan fingerprint density at radius 2 is 1.51 bits per heavy atom. The van der Waals surface area contributed by atoms with Crippen molar-refractivity contribution >= 4 is 47.0 Å². The molecule has 0 spiro atoms. The van der Waals surface area contributed by atoms with Crippen molar-refractivity contribution in [2.24, 2.45) is 0 Å². The second-order valence-corrected chi connectivity index (χ2v) is 13.3. The molecule has 290 valence electrons. The summed E-state index contributed by atoms with van der Waals surface area (Å²) in [5, 5.41) is 20.0. The van der Waals surface area contributed by atoms with E-state index in [0.717, 1.165) is 54.7 Å².